The Morgan fingerprint density at radius 3 is 2.36 bits per heavy atom. The van der Waals surface area contributed by atoms with Crippen molar-refractivity contribution in [1.29, 1.82) is 0 Å². The highest BCUT2D eigenvalue weighted by Gasteiger charge is 2.46. The molecule has 0 amide bonds. The van der Waals surface area contributed by atoms with Gasteiger partial charge in [-0.1, -0.05) is 51.1 Å². The number of rotatable bonds is 5. The summed E-state index contributed by atoms with van der Waals surface area (Å²) in [5.41, 5.74) is 1.10. The molecule has 1 aliphatic carbocycles. The summed E-state index contributed by atoms with van der Waals surface area (Å²) in [6, 6.07) is 10.0. The quantitative estimate of drug-likeness (QED) is 0.677. The average molecular weight is 420 g/mol. The molecule has 2 aliphatic rings. The lowest BCUT2D eigenvalue weighted by molar-refractivity contribution is 0.177. The molecule has 152 valence electrons. The molecule has 2 atom stereocenters. The normalized spacial score (nSPS) is 23.0. The third-order valence-corrected chi connectivity index (χ3v) is 12.8. The lowest BCUT2D eigenvalue weighted by Gasteiger charge is -2.38. The Balaban J connectivity index is 1.74. The predicted octanol–water partition coefficient (Wildman–Crippen LogP) is 4.27. The summed E-state index contributed by atoms with van der Waals surface area (Å²) in [7, 11) is -5.48. The van der Waals surface area contributed by atoms with Crippen LogP contribution in [0, 0.1) is 0 Å². The average Bonchev–Trinajstić information content (AvgIpc) is 3.30. The molecule has 1 aromatic carbocycles. The van der Waals surface area contributed by atoms with Crippen LogP contribution in [0.1, 0.15) is 63.6 Å². The molecular formula is C20H29N3O3SSi. The number of hydrogen-bond donors (Lipinski definition) is 0. The number of sulfone groups is 1. The van der Waals surface area contributed by atoms with E-state index in [4.69, 9.17) is 4.43 Å². The van der Waals surface area contributed by atoms with Gasteiger partial charge in [0.05, 0.1) is 11.3 Å². The minimum Gasteiger partial charge on any atom is -0.407 e. The van der Waals surface area contributed by atoms with Gasteiger partial charge in [-0.2, -0.15) is 4.98 Å². The van der Waals surface area contributed by atoms with Gasteiger partial charge in [0, 0.05) is 6.42 Å². The van der Waals surface area contributed by atoms with Crippen LogP contribution in [0.25, 0.3) is 0 Å². The van der Waals surface area contributed by atoms with E-state index in [-0.39, 0.29) is 27.6 Å². The summed E-state index contributed by atoms with van der Waals surface area (Å²) < 4.78 is 33.9. The van der Waals surface area contributed by atoms with E-state index < -0.39 is 18.2 Å². The summed E-state index contributed by atoms with van der Waals surface area (Å²) in [4.78, 5) is 4.51. The third kappa shape index (κ3) is 3.35. The van der Waals surface area contributed by atoms with Crippen LogP contribution in [0.15, 0.2) is 35.5 Å². The van der Waals surface area contributed by atoms with Gasteiger partial charge in [-0.3, -0.25) is 0 Å². The molecule has 1 aromatic heterocycles. The molecule has 2 aromatic rings. The van der Waals surface area contributed by atoms with Crippen molar-refractivity contribution in [1.82, 2.24) is 14.8 Å². The fraction of sp³-hybridized carbons (Fsp3) is 0.600. The van der Waals surface area contributed by atoms with Crippen molar-refractivity contribution < 1.29 is 12.8 Å². The molecule has 6 nitrogen and oxygen atoms in total. The van der Waals surface area contributed by atoms with E-state index in [2.05, 4.69) is 56.1 Å². The Morgan fingerprint density at radius 2 is 1.79 bits per heavy atom. The first-order valence-electron chi connectivity index (χ1n) is 9.94. The van der Waals surface area contributed by atoms with Crippen LogP contribution in [0.5, 0.6) is 0 Å². The van der Waals surface area contributed by atoms with Crippen LogP contribution >= 0.6 is 0 Å². The topological polar surface area (TPSA) is 74.1 Å². The summed E-state index contributed by atoms with van der Waals surface area (Å²) >= 11 is 0. The van der Waals surface area contributed by atoms with Crippen molar-refractivity contribution in [2.24, 2.45) is 0 Å². The standard InChI is InChI=1S/C20H29N3O3SSi/c1-20(2,3)28(4,5)26-17-13-16(14-9-7-6-8-10-14)23-18(17)21-19(22-23)27(24,25)15-11-12-15/h6-10,15-17H,11-13H2,1-5H3. The first-order chi connectivity index (χ1) is 13.0. The predicted molar refractivity (Wildman–Crippen MR) is 110 cm³/mol. The first-order valence-corrected chi connectivity index (χ1v) is 14.4. The van der Waals surface area contributed by atoms with Gasteiger partial charge in [0.2, 0.25) is 9.84 Å². The molecule has 2 heterocycles. The van der Waals surface area contributed by atoms with Gasteiger partial charge in [0.25, 0.3) is 5.16 Å². The highest BCUT2D eigenvalue weighted by Crippen LogP contribution is 2.46. The summed E-state index contributed by atoms with van der Waals surface area (Å²) in [6.07, 6.45) is 1.91. The zero-order valence-electron chi connectivity index (χ0n) is 17.2. The van der Waals surface area contributed by atoms with E-state index in [1.807, 2.05) is 18.2 Å². The largest absolute Gasteiger partial charge is 0.407 e. The molecule has 0 radical (unpaired) electrons. The Labute approximate surface area is 168 Å². The van der Waals surface area contributed by atoms with Crippen LogP contribution in [0.4, 0.5) is 0 Å². The fourth-order valence-corrected chi connectivity index (χ4v) is 6.15. The number of hydrogen-bond acceptors (Lipinski definition) is 5. The Bertz CT molecular complexity index is 976. The molecule has 4 rings (SSSR count). The maximum absolute atomic E-state index is 12.7. The molecule has 1 saturated carbocycles. The number of nitrogens with zero attached hydrogens (tertiary/aromatic N) is 3. The van der Waals surface area contributed by atoms with Crippen LogP contribution in [0.2, 0.25) is 18.1 Å². The molecule has 8 heteroatoms. The van der Waals surface area contributed by atoms with Crippen LogP contribution in [-0.2, 0) is 14.3 Å². The van der Waals surface area contributed by atoms with E-state index in [0.29, 0.717) is 18.7 Å². The van der Waals surface area contributed by atoms with E-state index in [9.17, 15) is 8.42 Å². The van der Waals surface area contributed by atoms with Crippen LogP contribution < -0.4 is 0 Å². The van der Waals surface area contributed by atoms with E-state index in [1.165, 1.54) is 0 Å². The van der Waals surface area contributed by atoms with Gasteiger partial charge in [0.1, 0.15) is 6.10 Å². The lowest BCUT2D eigenvalue weighted by Crippen LogP contribution is -2.41. The molecule has 0 saturated heterocycles. The third-order valence-electron chi connectivity index (χ3n) is 6.30. The molecule has 0 spiro atoms. The molecule has 1 aliphatic heterocycles. The zero-order valence-corrected chi connectivity index (χ0v) is 19.0. The van der Waals surface area contributed by atoms with Gasteiger partial charge in [-0.15, -0.1) is 5.10 Å². The first kappa shape index (κ1) is 19.8. The van der Waals surface area contributed by atoms with Gasteiger partial charge >= 0.3 is 0 Å². The van der Waals surface area contributed by atoms with Gasteiger partial charge < -0.3 is 4.43 Å². The lowest BCUT2D eigenvalue weighted by atomic mass is 10.0. The Kier molecular flexibility index (Phi) is 4.59. The second-order valence-electron chi connectivity index (χ2n) is 9.47. The Morgan fingerprint density at radius 1 is 1.14 bits per heavy atom. The molecule has 2 unspecified atom stereocenters. The van der Waals surface area contributed by atoms with Crippen molar-refractivity contribution in [3.8, 4) is 0 Å². The van der Waals surface area contributed by atoms with Crippen molar-refractivity contribution in [3.63, 3.8) is 0 Å². The summed E-state index contributed by atoms with van der Waals surface area (Å²) in [5.74, 6) is 0.651. The molecule has 28 heavy (non-hydrogen) atoms. The van der Waals surface area contributed by atoms with Gasteiger partial charge in [-0.05, 0) is 36.5 Å². The smallest absolute Gasteiger partial charge is 0.267 e. The van der Waals surface area contributed by atoms with Crippen molar-refractivity contribution in [2.45, 2.75) is 80.7 Å². The van der Waals surface area contributed by atoms with E-state index in [0.717, 1.165) is 12.0 Å². The molecule has 0 bridgehead atoms. The minimum absolute atomic E-state index is 0.0329. The van der Waals surface area contributed by atoms with Crippen LogP contribution in [-0.4, -0.2) is 36.7 Å². The minimum atomic E-state index is -3.43. The summed E-state index contributed by atoms with van der Waals surface area (Å²) in [5, 5.41) is 4.19. The SMILES string of the molecule is CC(C)(C)[Si](C)(C)OC1CC(c2ccccc2)n2nc(S(=O)(=O)C3CC3)nc21. The van der Waals surface area contributed by atoms with Crippen molar-refractivity contribution >= 4 is 18.2 Å². The summed E-state index contributed by atoms with van der Waals surface area (Å²) in [6.45, 7) is 11.0. The second-order valence-corrected chi connectivity index (χ2v) is 16.3. The van der Waals surface area contributed by atoms with Crippen molar-refractivity contribution in [3.05, 3.63) is 41.7 Å². The molecule has 0 N–H and O–H groups in total. The monoisotopic (exact) mass is 419 g/mol. The van der Waals surface area contributed by atoms with Gasteiger partial charge in [-0.25, -0.2) is 13.1 Å². The Hall–Kier alpha value is -1.51. The highest BCUT2D eigenvalue weighted by molar-refractivity contribution is 7.92. The number of fused-ring (bicyclic) bond motifs is 1. The molecular weight excluding hydrogens is 390 g/mol. The molecule has 1 fully saturated rings. The van der Waals surface area contributed by atoms with E-state index >= 15 is 0 Å². The number of aromatic nitrogens is 3. The second kappa shape index (κ2) is 6.50. The van der Waals surface area contributed by atoms with Gasteiger partial charge in [0.15, 0.2) is 14.1 Å². The van der Waals surface area contributed by atoms with Crippen LogP contribution in [0.3, 0.4) is 0 Å². The highest BCUT2D eigenvalue weighted by atomic mass is 32.2. The maximum Gasteiger partial charge on any atom is 0.267 e. The van der Waals surface area contributed by atoms with E-state index in [1.54, 1.807) is 4.68 Å². The number of benzene rings is 1. The van der Waals surface area contributed by atoms with Crippen molar-refractivity contribution in [2.75, 3.05) is 0 Å². The maximum atomic E-state index is 12.7. The zero-order chi connectivity index (χ0) is 20.3. The fourth-order valence-electron chi connectivity index (χ4n) is 3.41.